The predicted octanol–water partition coefficient (Wildman–Crippen LogP) is -1.21. The summed E-state index contributed by atoms with van der Waals surface area (Å²) in [5.74, 6) is 0. The minimum atomic E-state index is 0.697. The topological polar surface area (TPSA) is 22.9 Å². The first kappa shape index (κ1) is 9.88. The first-order chi connectivity index (χ1) is 4.77. The van der Waals surface area contributed by atoms with E-state index in [1.54, 1.807) is 7.11 Å². The van der Waals surface area contributed by atoms with Crippen LogP contribution in [0.3, 0.4) is 0 Å². The Balaban J connectivity index is 2.77. The number of hydrogen-bond donors (Lipinski definition) is 1. The first-order valence-corrected chi connectivity index (χ1v) is 3.63. The third-order valence-corrected chi connectivity index (χ3v) is 1.18. The molecule has 0 atom stereocenters. The Morgan fingerprint density at radius 2 is 1.80 bits per heavy atom. The zero-order chi connectivity index (χ0) is 7.82. The molecule has 0 unspecified atom stereocenters. The molecule has 0 aromatic rings. The van der Waals surface area contributed by atoms with E-state index in [2.05, 4.69) is 14.1 Å². The van der Waals surface area contributed by atoms with E-state index in [0.29, 0.717) is 13.2 Å². The Morgan fingerprint density at radius 1 is 1.10 bits per heavy atom. The van der Waals surface area contributed by atoms with Crippen LogP contribution >= 0.6 is 0 Å². The van der Waals surface area contributed by atoms with Crippen molar-refractivity contribution in [2.24, 2.45) is 0 Å². The van der Waals surface area contributed by atoms with Crippen molar-refractivity contribution >= 4 is 0 Å². The smallest absolute Gasteiger partial charge is 0.100 e. The van der Waals surface area contributed by atoms with Gasteiger partial charge in [-0.1, -0.05) is 0 Å². The Kier molecular flexibility index (Phi) is 6.91. The van der Waals surface area contributed by atoms with Crippen molar-refractivity contribution in [2.75, 3.05) is 47.6 Å². The second kappa shape index (κ2) is 6.99. The van der Waals surface area contributed by atoms with Crippen LogP contribution in [-0.2, 0) is 9.47 Å². The van der Waals surface area contributed by atoms with E-state index < -0.39 is 0 Å². The molecular weight excluding hydrogens is 130 g/mol. The third kappa shape index (κ3) is 7.88. The molecule has 1 N–H and O–H groups in total. The molecule has 0 spiro atoms. The van der Waals surface area contributed by atoms with E-state index in [1.807, 2.05) is 0 Å². The summed E-state index contributed by atoms with van der Waals surface area (Å²) < 4.78 is 10.1. The molecule has 3 heteroatoms. The number of nitrogens with one attached hydrogen (secondary N) is 1. The number of methoxy groups -OCH3 is 1. The maximum atomic E-state index is 5.24. The summed E-state index contributed by atoms with van der Waals surface area (Å²) in [4.78, 5) is 1.41. The largest absolute Gasteiger partial charge is 0.382 e. The van der Waals surface area contributed by atoms with Gasteiger partial charge in [-0.15, -0.1) is 0 Å². The highest BCUT2D eigenvalue weighted by atomic mass is 16.5. The molecule has 3 nitrogen and oxygen atoms in total. The number of quaternary nitrogens is 1. The molecule has 62 valence electrons. The summed E-state index contributed by atoms with van der Waals surface area (Å²) >= 11 is 0. The highest BCUT2D eigenvalue weighted by Crippen LogP contribution is 1.71. The Bertz CT molecular complexity index is 66.6. The van der Waals surface area contributed by atoms with Gasteiger partial charge >= 0.3 is 0 Å². The zero-order valence-electron chi connectivity index (χ0n) is 7.14. The normalized spacial score (nSPS) is 10.8. The Labute approximate surface area is 62.9 Å². The molecule has 0 saturated heterocycles. The lowest BCUT2D eigenvalue weighted by Crippen LogP contribution is -3.06. The van der Waals surface area contributed by atoms with Crippen molar-refractivity contribution in [1.29, 1.82) is 0 Å². The van der Waals surface area contributed by atoms with Gasteiger partial charge < -0.3 is 14.4 Å². The summed E-state index contributed by atoms with van der Waals surface area (Å²) in [5, 5.41) is 0. The minimum Gasteiger partial charge on any atom is -0.382 e. The Hall–Kier alpha value is -0.120. The molecule has 0 saturated carbocycles. The van der Waals surface area contributed by atoms with E-state index in [9.17, 15) is 0 Å². The van der Waals surface area contributed by atoms with Gasteiger partial charge in [-0.3, -0.25) is 0 Å². The van der Waals surface area contributed by atoms with Crippen molar-refractivity contribution in [1.82, 2.24) is 0 Å². The quantitative estimate of drug-likeness (QED) is 0.478. The maximum Gasteiger partial charge on any atom is 0.100 e. The molecule has 0 radical (unpaired) electrons. The summed E-state index contributed by atoms with van der Waals surface area (Å²) in [5.41, 5.74) is 0. The van der Waals surface area contributed by atoms with Crippen LogP contribution in [0.2, 0.25) is 0 Å². The van der Waals surface area contributed by atoms with E-state index >= 15 is 0 Å². The van der Waals surface area contributed by atoms with Gasteiger partial charge in [0.05, 0.1) is 33.9 Å². The van der Waals surface area contributed by atoms with E-state index in [0.717, 1.165) is 13.2 Å². The summed E-state index contributed by atoms with van der Waals surface area (Å²) in [6.07, 6.45) is 0. The molecule has 0 rings (SSSR count). The second-order valence-corrected chi connectivity index (χ2v) is 2.56. The van der Waals surface area contributed by atoms with Crippen LogP contribution in [0.15, 0.2) is 0 Å². The SMILES string of the molecule is COCCOCC[NH+](C)C. The van der Waals surface area contributed by atoms with Gasteiger partial charge in [0.25, 0.3) is 0 Å². The van der Waals surface area contributed by atoms with Gasteiger partial charge in [-0.05, 0) is 0 Å². The lowest BCUT2D eigenvalue weighted by Gasteiger charge is -2.06. The van der Waals surface area contributed by atoms with Crippen molar-refractivity contribution in [2.45, 2.75) is 0 Å². The van der Waals surface area contributed by atoms with Gasteiger partial charge in [-0.25, -0.2) is 0 Å². The van der Waals surface area contributed by atoms with Crippen LogP contribution in [0.1, 0.15) is 0 Å². The molecule has 0 heterocycles. The molecule has 0 amide bonds. The lowest BCUT2D eigenvalue weighted by atomic mass is 10.6. The lowest BCUT2D eigenvalue weighted by molar-refractivity contribution is -0.858. The maximum absolute atomic E-state index is 5.24. The highest BCUT2D eigenvalue weighted by Gasteiger charge is 1.91. The van der Waals surface area contributed by atoms with E-state index in [1.165, 1.54) is 4.90 Å². The Morgan fingerprint density at radius 3 is 2.30 bits per heavy atom. The molecule has 0 aromatic heterocycles. The summed E-state index contributed by atoms with van der Waals surface area (Å²) in [6.45, 7) is 3.29. The number of ether oxygens (including phenoxy) is 2. The van der Waals surface area contributed by atoms with Gasteiger partial charge in [0.15, 0.2) is 0 Å². The van der Waals surface area contributed by atoms with Crippen molar-refractivity contribution < 1.29 is 14.4 Å². The fraction of sp³-hybridized carbons (Fsp3) is 1.00. The standard InChI is InChI=1S/C7H17NO2/c1-8(2)4-5-10-7-6-9-3/h4-7H2,1-3H3/p+1. The van der Waals surface area contributed by atoms with Crippen molar-refractivity contribution in [3.05, 3.63) is 0 Å². The molecule has 0 aromatic carbocycles. The molecule has 10 heavy (non-hydrogen) atoms. The average Bonchev–Trinajstić information content (AvgIpc) is 1.87. The molecule has 0 fully saturated rings. The van der Waals surface area contributed by atoms with Crippen LogP contribution in [0.4, 0.5) is 0 Å². The van der Waals surface area contributed by atoms with E-state index in [4.69, 9.17) is 9.47 Å². The van der Waals surface area contributed by atoms with Gasteiger partial charge in [-0.2, -0.15) is 0 Å². The van der Waals surface area contributed by atoms with Gasteiger partial charge in [0.1, 0.15) is 6.54 Å². The molecule has 0 aliphatic rings. The number of hydrogen-bond acceptors (Lipinski definition) is 2. The molecular formula is C7H18NO2+. The van der Waals surface area contributed by atoms with Crippen LogP contribution in [0, 0.1) is 0 Å². The van der Waals surface area contributed by atoms with Crippen LogP contribution in [-0.4, -0.2) is 47.6 Å². The average molecular weight is 148 g/mol. The fourth-order valence-electron chi connectivity index (χ4n) is 0.521. The van der Waals surface area contributed by atoms with E-state index in [-0.39, 0.29) is 0 Å². The highest BCUT2D eigenvalue weighted by molar-refractivity contribution is 4.27. The van der Waals surface area contributed by atoms with Gasteiger partial charge in [0, 0.05) is 7.11 Å². The zero-order valence-corrected chi connectivity index (χ0v) is 7.14. The molecule has 0 aliphatic carbocycles. The molecule has 0 aliphatic heterocycles. The van der Waals surface area contributed by atoms with Crippen LogP contribution < -0.4 is 4.90 Å². The van der Waals surface area contributed by atoms with Crippen molar-refractivity contribution in [3.63, 3.8) is 0 Å². The second-order valence-electron chi connectivity index (χ2n) is 2.56. The number of likely N-dealkylation sites (N-methyl/N-ethyl adjacent to an activating group) is 1. The molecule has 0 bridgehead atoms. The fourth-order valence-corrected chi connectivity index (χ4v) is 0.521. The third-order valence-electron chi connectivity index (χ3n) is 1.18. The monoisotopic (exact) mass is 148 g/mol. The van der Waals surface area contributed by atoms with Gasteiger partial charge in [0.2, 0.25) is 0 Å². The van der Waals surface area contributed by atoms with Crippen LogP contribution in [0.5, 0.6) is 0 Å². The summed E-state index contributed by atoms with van der Waals surface area (Å²) in [6, 6.07) is 0. The predicted molar refractivity (Wildman–Crippen MR) is 40.4 cm³/mol. The van der Waals surface area contributed by atoms with Crippen LogP contribution in [0.25, 0.3) is 0 Å². The minimum absolute atomic E-state index is 0.697. The van der Waals surface area contributed by atoms with Crippen molar-refractivity contribution in [3.8, 4) is 0 Å². The first-order valence-electron chi connectivity index (χ1n) is 3.63. The summed E-state index contributed by atoms with van der Waals surface area (Å²) in [7, 11) is 5.90. The number of rotatable bonds is 6.